The van der Waals surface area contributed by atoms with Crippen LogP contribution in [-0.4, -0.2) is 17.3 Å². The Kier molecular flexibility index (Phi) is 1.85. The summed E-state index contributed by atoms with van der Waals surface area (Å²) in [5.41, 5.74) is -0.699. The van der Waals surface area contributed by atoms with Crippen molar-refractivity contribution in [2.75, 3.05) is 7.11 Å². The molecule has 2 N–H and O–H groups in total. The molecule has 2 rings (SSSR count). The molecule has 1 heterocycles. The predicted octanol–water partition coefficient (Wildman–Crippen LogP) is 0.225. The lowest BCUT2D eigenvalue weighted by atomic mass is 10.2. The minimum atomic E-state index is -0.364. The first-order valence-corrected chi connectivity index (χ1v) is 4.01. The molecule has 5 heteroatoms. The lowest BCUT2D eigenvalue weighted by molar-refractivity contribution is 0.419. The van der Waals surface area contributed by atoms with E-state index in [1.165, 1.54) is 7.11 Å². The zero-order valence-corrected chi connectivity index (χ0v) is 7.46. The summed E-state index contributed by atoms with van der Waals surface area (Å²) in [6.45, 7) is 0. The SMILES string of the molecule is COc1cccc2c(=O)[nH][nH]c(=O)c12. The number of benzene rings is 1. The molecule has 0 atom stereocenters. The number of fused-ring (bicyclic) bond motifs is 1. The Labute approximate surface area is 78.3 Å². The van der Waals surface area contributed by atoms with E-state index in [-0.39, 0.29) is 16.5 Å². The zero-order valence-electron chi connectivity index (χ0n) is 7.46. The summed E-state index contributed by atoms with van der Waals surface area (Å²) in [5, 5.41) is 5.09. The van der Waals surface area contributed by atoms with E-state index >= 15 is 0 Å². The summed E-state index contributed by atoms with van der Waals surface area (Å²) in [6.07, 6.45) is 0. The van der Waals surface area contributed by atoms with E-state index in [1.54, 1.807) is 18.2 Å². The number of nitrogens with one attached hydrogen (secondary N) is 2. The number of rotatable bonds is 1. The number of H-pyrrole nitrogens is 2. The molecular weight excluding hydrogens is 184 g/mol. The molecule has 5 nitrogen and oxygen atoms in total. The molecule has 0 spiro atoms. The van der Waals surface area contributed by atoms with Crippen molar-refractivity contribution in [3.05, 3.63) is 38.9 Å². The molecule has 0 amide bonds. The Morgan fingerprint density at radius 3 is 2.57 bits per heavy atom. The highest BCUT2D eigenvalue weighted by molar-refractivity contribution is 5.86. The normalized spacial score (nSPS) is 10.4. The fourth-order valence-electron chi connectivity index (χ4n) is 1.37. The smallest absolute Gasteiger partial charge is 0.274 e. The van der Waals surface area contributed by atoms with Gasteiger partial charge in [0, 0.05) is 0 Å². The van der Waals surface area contributed by atoms with Crippen molar-refractivity contribution in [2.45, 2.75) is 0 Å². The van der Waals surface area contributed by atoms with Gasteiger partial charge in [0.2, 0.25) is 0 Å². The highest BCUT2D eigenvalue weighted by atomic mass is 16.5. The largest absolute Gasteiger partial charge is 0.496 e. The van der Waals surface area contributed by atoms with Gasteiger partial charge in [-0.15, -0.1) is 0 Å². The first-order valence-electron chi connectivity index (χ1n) is 4.01. The van der Waals surface area contributed by atoms with Crippen molar-refractivity contribution in [1.29, 1.82) is 0 Å². The average Bonchev–Trinajstić information content (AvgIpc) is 2.23. The van der Waals surface area contributed by atoms with Crippen LogP contribution in [0.25, 0.3) is 10.8 Å². The topological polar surface area (TPSA) is 75.0 Å². The van der Waals surface area contributed by atoms with E-state index in [1.807, 2.05) is 0 Å². The van der Waals surface area contributed by atoms with Crippen molar-refractivity contribution in [3.8, 4) is 5.75 Å². The van der Waals surface area contributed by atoms with Crippen molar-refractivity contribution in [1.82, 2.24) is 10.2 Å². The molecule has 1 aromatic carbocycles. The highest BCUT2D eigenvalue weighted by Gasteiger charge is 2.07. The second kappa shape index (κ2) is 3.02. The number of aromatic amines is 2. The third-order valence-electron chi connectivity index (χ3n) is 2.01. The fraction of sp³-hybridized carbons (Fsp3) is 0.111. The number of methoxy groups -OCH3 is 1. The molecule has 72 valence electrons. The molecule has 0 saturated heterocycles. The summed E-state index contributed by atoms with van der Waals surface area (Å²) in [5.74, 6) is 0.398. The number of hydrogen-bond acceptors (Lipinski definition) is 3. The number of ether oxygens (including phenoxy) is 1. The maximum Gasteiger partial charge on any atom is 0.274 e. The van der Waals surface area contributed by atoms with Gasteiger partial charge in [0.1, 0.15) is 5.75 Å². The Bertz CT molecular complexity index is 582. The molecule has 0 fully saturated rings. The van der Waals surface area contributed by atoms with Gasteiger partial charge in [-0.25, -0.2) is 0 Å². The third kappa shape index (κ3) is 1.10. The van der Waals surface area contributed by atoms with Crippen molar-refractivity contribution in [2.24, 2.45) is 0 Å². The van der Waals surface area contributed by atoms with Gasteiger partial charge >= 0.3 is 0 Å². The number of aromatic nitrogens is 2. The van der Waals surface area contributed by atoms with E-state index in [4.69, 9.17) is 4.74 Å². The first-order chi connectivity index (χ1) is 6.74. The van der Waals surface area contributed by atoms with Crippen LogP contribution in [0.4, 0.5) is 0 Å². The second-order valence-electron chi connectivity index (χ2n) is 2.79. The summed E-state index contributed by atoms with van der Waals surface area (Å²) < 4.78 is 4.99. The maximum absolute atomic E-state index is 11.4. The summed E-state index contributed by atoms with van der Waals surface area (Å²) >= 11 is 0. The average molecular weight is 192 g/mol. The van der Waals surface area contributed by atoms with Gasteiger partial charge in [-0.2, -0.15) is 0 Å². The Balaban J connectivity index is 3.07. The second-order valence-corrected chi connectivity index (χ2v) is 2.79. The summed E-state index contributed by atoms with van der Waals surface area (Å²) in [6, 6.07) is 4.87. The van der Waals surface area contributed by atoms with E-state index in [9.17, 15) is 9.59 Å². The molecule has 0 saturated carbocycles. The Hall–Kier alpha value is -2.04. The van der Waals surface area contributed by atoms with Crippen molar-refractivity contribution >= 4 is 10.8 Å². The van der Waals surface area contributed by atoms with Gasteiger partial charge in [0.25, 0.3) is 11.1 Å². The number of hydrogen-bond donors (Lipinski definition) is 2. The van der Waals surface area contributed by atoms with E-state index in [2.05, 4.69) is 10.2 Å². The van der Waals surface area contributed by atoms with Crippen LogP contribution in [-0.2, 0) is 0 Å². The fourth-order valence-corrected chi connectivity index (χ4v) is 1.37. The van der Waals surface area contributed by atoms with Gasteiger partial charge in [-0.3, -0.25) is 19.8 Å². The first kappa shape index (κ1) is 8.55. The summed E-state index contributed by atoms with van der Waals surface area (Å²) in [7, 11) is 1.45. The molecular formula is C9H8N2O3. The van der Waals surface area contributed by atoms with Crippen LogP contribution in [0.15, 0.2) is 27.8 Å². The van der Waals surface area contributed by atoms with E-state index in [0.717, 1.165) is 0 Å². The van der Waals surface area contributed by atoms with Gasteiger partial charge in [0.05, 0.1) is 17.9 Å². The molecule has 0 aliphatic rings. The third-order valence-corrected chi connectivity index (χ3v) is 2.01. The van der Waals surface area contributed by atoms with Crippen LogP contribution in [0.2, 0.25) is 0 Å². The molecule has 0 radical (unpaired) electrons. The van der Waals surface area contributed by atoms with Gasteiger partial charge in [-0.1, -0.05) is 6.07 Å². The molecule has 0 bridgehead atoms. The molecule has 1 aromatic heterocycles. The van der Waals surface area contributed by atoms with Crippen molar-refractivity contribution < 1.29 is 4.74 Å². The minimum Gasteiger partial charge on any atom is -0.496 e. The molecule has 2 aromatic rings. The Morgan fingerprint density at radius 1 is 1.14 bits per heavy atom. The predicted molar refractivity (Wildman–Crippen MR) is 51.7 cm³/mol. The monoisotopic (exact) mass is 192 g/mol. The highest BCUT2D eigenvalue weighted by Crippen LogP contribution is 2.18. The molecule has 0 unspecified atom stereocenters. The standard InChI is InChI=1S/C9H8N2O3/c1-14-6-4-2-3-5-7(6)9(13)11-10-8(5)12/h2-4H,1H3,(H,10,12)(H,11,13). The van der Waals surface area contributed by atoms with Crippen LogP contribution >= 0.6 is 0 Å². The molecule has 14 heavy (non-hydrogen) atoms. The van der Waals surface area contributed by atoms with Crippen molar-refractivity contribution in [3.63, 3.8) is 0 Å². The van der Waals surface area contributed by atoms with Crippen LogP contribution in [0, 0.1) is 0 Å². The van der Waals surface area contributed by atoms with Gasteiger partial charge in [-0.05, 0) is 12.1 Å². The van der Waals surface area contributed by atoms with Gasteiger partial charge in [0.15, 0.2) is 0 Å². The summed E-state index contributed by atoms with van der Waals surface area (Å²) in [4.78, 5) is 22.7. The molecule has 0 aliphatic heterocycles. The van der Waals surface area contributed by atoms with Crippen LogP contribution in [0.3, 0.4) is 0 Å². The maximum atomic E-state index is 11.4. The van der Waals surface area contributed by atoms with Gasteiger partial charge < -0.3 is 4.74 Å². The minimum absolute atomic E-state index is 0.277. The van der Waals surface area contributed by atoms with E-state index < -0.39 is 0 Å². The van der Waals surface area contributed by atoms with E-state index in [0.29, 0.717) is 11.1 Å². The lowest BCUT2D eigenvalue weighted by Crippen LogP contribution is -2.19. The van der Waals surface area contributed by atoms with Crippen LogP contribution in [0.5, 0.6) is 5.75 Å². The van der Waals surface area contributed by atoms with Crippen LogP contribution in [0.1, 0.15) is 0 Å². The zero-order chi connectivity index (χ0) is 10.1. The van der Waals surface area contributed by atoms with Crippen LogP contribution < -0.4 is 15.9 Å². The Morgan fingerprint density at radius 2 is 1.86 bits per heavy atom. The lowest BCUT2D eigenvalue weighted by Gasteiger charge is -2.02. The molecule has 0 aliphatic carbocycles. The quantitative estimate of drug-likeness (QED) is 0.678.